The van der Waals surface area contributed by atoms with Crippen molar-refractivity contribution in [3.8, 4) is 11.8 Å². The van der Waals surface area contributed by atoms with E-state index in [1.165, 1.54) is 76.5 Å². The zero-order valence-corrected chi connectivity index (χ0v) is 15.7. The molecule has 0 radical (unpaired) electrons. The fourth-order valence-electron chi connectivity index (χ4n) is 2.24. The van der Waals surface area contributed by atoms with Gasteiger partial charge < -0.3 is 5.11 Å². The van der Waals surface area contributed by atoms with Gasteiger partial charge in [0, 0.05) is 18.9 Å². The number of hydrogen-bond acceptors (Lipinski definition) is 1. The molecule has 1 nitrogen and oxygen atoms in total. The average molecular weight is 351 g/mol. The number of halogens is 3. The number of aliphatic hydroxyl groups excluding tert-OH is 1. The first-order valence-electron chi connectivity index (χ1n) is 9.65. The molecule has 0 fully saturated rings. The van der Waals surface area contributed by atoms with E-state index < -0.39 is 6.18 Å². The lowest BCUT2D eigenvalue weighted by Crippen LogP contribution is -2.01. The Hall–Kier alpha value is -0.690. The van der Waals surface area contributed by atoms with Gasteiger partial charge in [-0.2, -0.15) is 13.2 Å². The summed E-state index contributed by atoms with van der Waals surface area (Å²) in [5.74, 6) is 3.17. The lowest BCUT2D eigenvalue weighted by molar-refractivity contribution is -0.0697. The van der Waals surface area contributed by atoms with E-state index in [0.29, 0.717) is 19.4 Å². The monoisotopic (exact) mass is 350 g/mol. The minimum Gasteiger partial charge on any atom is -0.396 e. The molecule has 0 aromatic heterocycles. The summed E-state index contributed by atoms with van der Waals surface area (Å²) >= 11 is 0. The minimum absolute atomic E-state index is 0.319. The molecule has 0 unspecified atom stereocenters. The van der Waals surface area contributed by atoms with Gasteiger partial charge in [-0.1, -0.05) is 90.4 Å². The molecule has 144 valence electrons. The Balaban J connectivity index is 0. The first kappa shape index (κ1) is 25.5. The van der Waals surface area contributed by atoms with E-state index in [0.717, 1.165) is 6.42 Å². The van der Waals surface area contributed by atoms with Crippen LogP contribution in [0.2, 0.25) is 0 Å². The zero-order valence-electron chi connectivity index (χ0n) is 15.7. The van der Waals surface area contributed by atoms with Gasteiger partial charge in [0.15, 0.2) is 0 Å². The van der Waals surface area contributed by atoms with Gasteiger partial charge in [0.05, 0.1) is 0 Å². The summed E-state index contributed by atoms with van der Waals surface area (Å²) in [6.07, 6.45) is 12.9. The lowest BCUT2D eigenvalue weighted by Gasteiger charge is -2.01. The molecule has 4 heteroatoms. The van der Waals surface area contributed by atoms with Crippen molar-refractivity contribution >= 4 is 0 Å². The van der Waals surface area contributed by atoms with E-state index in [4.69, 9.17) is 5.11 Å². The maximum Gasteiger partial charge on any atom is 0.457 e. The molecule has 0 amide bonds. The highest BCUT2D eigenvalue weighted by molar-refractivity contribution is 5.04. The van der Waals surface area contributed by atoms with Crippen LogP contribution in [0, 0.1) is 11.8 Å². The van der Waals surface area contributed by atoms with Crippen LogP contribution >= 0.6 is 0 Å². The van der Waals surface area contributed by atoms with Crippen LogP contribution in [0.4, 0.5) is 13.2 Å². The number of alkyl halides is 3. The van der Waals surface area contributed by atoms with Crippen molar-refractivity contribution in [1.29, 1.82) is 0 Å². The van der Waals surface area contributed by atoms with Crippen LogP contribution < -0.4 is 0 Å². The van der Waals surface area contributed by atoms with Crippen LogP contribution in [0.3, 0.4) is 0 Å². The van der Waals surface area contributed by atoms with Crippen molar-refractivity contribution in [2.24, 2.45) is 0 Å². The van der Waals surface area contributed by atoms with Gasteiger partial charge >= 0.3 is 6.18 Å². The predicted molar refractivity (Wildman–Crippen MR) is 96.9 cm³/mol. The molecule has 0 spiro atoms. The molecule has 0 atom stereocenters. The normalized spacial score (nSPS) is 10.6. The second kappa shape index (κ2) is 20.4. The van der Waals surface area contributed by atoms with Crippen molar-refractivity contribution in [3.63, 3.8) is 0 Å². The van der Waals surface area contributed by atoms with Crippen molar-refractivity contribution in [3.05, 3.63) is 0 Å². The Labute approximate surface area is 147 Å². The molecule has 0 aliphatic rings. The summed E-state index contributed by atoms with van der Waals surface area (Å²) < 4.78 is 33.6. The molecule has 0 aromatic carbocycles. The molecule has 24 heavy (non-hydrogen) atoms. The first-order valence-corrected chi connectivity index (χ1v) is 9.65. The highest BCUT2D eigenvalue weighted by Crippen LogP contribution is 2.12. The quantitative estimate of drug-likeness (QED) is 0.279. The Morgan fingerprint density at radius 1 is 0.667 bits per heavy atom. The van der Waals surface area contributed by atoms with E-state index in [-0.39, 0.29) is 0 Å². The third kappa shape index (κ3) is 29.3. The summed E-state index contributed by atoms with van der Waals surface area (Å²) in [5.41, 5.74) is 0. The van der Waals surface area contributed by atoms with E-state index in [9.17, 15) is 13.2 Å². The number of aliphatic hydroxyl groups is 1. The van der Waals surface area contributed by atoms with Gasteiger partial charge in [-0.15, -0.1) is 0 Å². The van der Waals surface area contributed by atoms with Crippen LogP contribution in [-0.2, 0) is 0 Å². The molecule has 0 heterocycles. The third-order valence-corrected chi connectivity index (χ3v) is 3.62. The van der Waals surface area contributed by atoms with Crippen LogP contribution in [0.25, 0.3) is 0 Å². The number of unbranched alkanes of at least 4 members (excludes halogenated alkanes) is 12. The summed E-state index contributed by atoms with van der Waals surface area (Å²) in [6, 6.07) is 0. The molecular formula is C20H37F3O. The van der Waals surface area contributed by atoms with Crippen LogP contribution in [0.1, 0.15) is 104 Å². The Morgan fingerprint density at radius 2 is 1.08 bits per heavy atom. The van der Waals surface area contributed by atoms with Crippen molar-refractivity contribution in [2.75, 3.05) is 6.61 Å². The molecule has 0 aromatic rings. The van der Waals surface area contributed by atoms with Gasteiger partial charge in [0.25, 0.3) is 0 Å². The highest BCUT2D eigenvalue weighted by atomic mass is 19.4. The van der Waals surface area contributed by atoms with Crippen LogP contribution in [-0.4, -0.2) is 17.9 Å². The van der Waals surface area contributed by atoms with Crippen molar-refractivity contribution < 1.29 is 18.3 Å². The second-order valence-corrected chi connectivity index (χ2v) is 6.16. The molecule has 0 aliphatic carbocycles. The predicted octanol–water partition coefficient (Wildman–Crippen LogP) is 7.03. The van der Waals surface area contributed by atoms with E-state index in [1.54, 1.807) is 6.92 Å². The largest absolute Gasteiger partial charge is 0.457 e. The average Bonchev–Trinajstić information content (AvgIpc) is 2.52. The minimum atomic E-state index is -4.31. The standard InChI is InChI=1S/C14H30O.C6H7F3/c1-2-3-4-5-6-7-8-9-10-11-12-13-14-15;1-2-3-4-5-6(7,8)9/h15H,2-14H2,1H3;2-3H2,1H3. The van der Waals surface area contributed by atoms with Crippen LogP contribution in [0.15, 0.2) is 0 Å². The summed E-state index contributed by atoms with van der Waals surface area (Å²) in [4.78, 5) is 0. The van der Waals surface area contributed by atoms with E-state index in [2.05, 4.69) is 6.92 Å². The Bertz CT molecular complexity index is 277. The number of hydrogen-bond donors (Lipinski definition) is 1. The topological polar surface area (TPSA) is 20.2 Å². The van der Waals surface area contributed by atoms with E-state index >= 15 is 0 Å². The SMILES string of the molecule is CCCC#CC(F)(F)F.CCCCCCCCCCCCCCO. The Kier molecular flexibility index (Phi) is 21.7. The lowest BCUT2D eigenvalue weighted by atomic mass is 10.1. The van der Waals surface area contributed by atoms with Gasteiger partial charge in [-0.3, -0.25) is 0 Å². The summed E-state index contributed by atoms with van der Waals surface area (Å²) in [6.45, 7) is 4.43. The number of rotatable bonds is 13. The van der Waals surface area contributed by atoms with Crippen molar-refractivity contribution in [1.82, 2.24) is 0 Å². The molecule has 0 saturated heterocycles. The molecule has 0 saturated carbocycles. The Morgan fingerprint density at radius 3 is 1.42 bits per heavy atom. The molecule has 0 rings (SSSR count). The molecule has 0 aliphatic heterocycles. The van der Waals surface area contributed by atoms with Crippen molar-refractivity contribution in [2.45, 2.75) is 110 Å². The summed E-state index contributed by atoms with van der Waals surface area (Å²) in [7, 11) is 0. The summed E-state index contributed by atoms with van der Waals surface area (Å²) in [5, 5.41) is 8.61. The maximum atomic E-state index is 11.2. The van der Waals surface area contributed by atoms with Gasteiger partial charge in [-0.25, -0.2) is 0 Å². The highest BCUT2D eigenvalue weighted by Gasteiger charge is 2.22. The van der Waals surface area contributed by atoms with Gasteiger partial charge in [0.2, 0.25) is 0 Å². The van der Waals surface area contributed by atoms with Gasteiger partial charge in [-0.05, 0) is 12.8 Å². The van der Waals surface area contributed by atoms with Gasteiger partial charge in [0.1, 0.15) is 0 Å². The zero-order chi connectivity index (χ0) is 18.5. The third-order valence-electron chi connectivity index (χ3n) is 3.62. The van der Waals surface area contributed by atoms with E-state index in [1.807, 2.05) is 5.92 Å². The fraction of sp³-hybridized carbons (Fsp3) is 0.900. The smallest absolute Gasteiger partial charge is 0.396 e. The molecule has 0 bridgehead atoms. The molecule has 1 N–H and O–H groups in total. The van der Waals surface area contributed by atoms with Crippen LogP contribution in [0.5, 0.6) is 0 Å². The molecular weight excluding hydrogens is 313 g/mol. The first-order chi connectivity index (χ1) is 11.5. The fourth-order valence-corrected chi connectivity index (χ4v) is 2.24. The maximum absolute atomic E-state index is 11.2. The second-order valence-electron chi connectivity index (χ2n) is 6.16.